The van der Waals surface area contributed by atoms with Gasteiger partial charge in [-0.15, -0.1) is 5.10 Å². The zero-order chi connectivity index (χ0) is 21.9. The molecule has 1 aromatic carbocycles. The third-order valence-electron chi connectivity index (χ3n) is 4.36. The van der Waals surface area contributed by atoms with Gasteiger partial charge in [-0.25, -0.2) is 14.6 Å². The molecule has 0 aliphatic heterocycles. The Morgan fingerprint density at radius 3 is 2.77 bits per heavy atom. The maximum absolute atomic E-state index is 12.9. The zero-order valence-corrected chi connectivity index (χ0v) is 16.1. The van der Waals surface area contributed by atoms with E-state index in [1.165, 1.54) is 4.68 Å². The number of hydrogen-bond donors (Lipinski definition) is 2. The summed E-state index contributed by atoms with van der Waals surface area (Å²) in [6, 6.07) is 7.50. The maximum atomic E-state index is 12.9. The predicted molar refractivity (Wildman–Crippen MR) is 101 cm³/mol. The summed E-state index contributed by atoms with van der Waals surface area (Å²) in [5.74, 6) is -0.182. The van der Waals surface area contributed by atoms with Gasteiger partial charge in [0.15, 0.2) is 0 Å². The fourth-order valence-electron chi connectivity index (χ4n) is 2.76. The van der Waals surface area contributed by atoms with Gasteiger partial charge in [0.2, 0.25) is 5.95 Å². The molecule has 2 unspecified atom stereocenters. The third-order valence-corrected chi connectivity index (χ3v) is 4.36. The van der Waals surface area contributed by atoms with Crippen LogP contribution in [0.2, 0.25) is 0 Å². The van der Waals surface area contributed by atoms with E-state index in [0.29, 0.717) is 16.9 Å². The summed E-state index contributed by atoms with van der Waals surface area (Å²) in [7, 11) is 0. The Kier molecular flexibility index (Phi) is 5.98. The number of alkyl halides is 3. The first-order chi connectivity index (χ1) is 14.2. The van der Waals surface area contributed by atoms with Gasteiger partial charge in [-0.1, -0.05) is 5.21 Å². The van der Waals surface area contributed by atoms with Crippen LogP contribution < -0.4 is 5.32 Å². The lowest BCUT2D eigenvalue weighted by Crippen LogP contribution is -2.21. The van der Waals surface area contributed by atoms with Crippen molar-refractivity contribution in [2.45, 2.75) is 38.6 Å². The predicted octanol–water partition coefficient (Wildman–Crippen LogP) is 3.64. The van der Waals surface area contributed by atoms with Gasteiger partial charge in [-0.3, -0.25) is 0 Å². The largest absolute Gasteiger partial charge is 0.433 e. The number of nitrogens with zero attached hydrogens (tertiary/aromatic N) is 6. The Bertz CT molecular complexity index is 1070. The van der Waals surface area contributed by atoms with Gasteiger partial charge in [-0.2, -0.15) is 18.4 Å². The number of aliphatic hydroxyl groups is 1. The fraction of sp³-hybridized carbons (Fsp3) is 0.316. The first kappa shape index (κ1) is 21.2. The number of benzene rings is 1. The van der Waals surface area contributed by atoms with E-state index in [0.717, 1.165) is 17.8 Å². The molecule has 11 heteroatoms. The lowest BCUT2D eigenvalue weighted by Gasteiger charge is -2.15. The number of hydrogen-bond acceptors (Lipinski definition) is 7. The summed E-state index contributed by atoms with van der Waals surface area (Å²) in [5.41, 5.74) is 1.44. The molecule has 2 N–H and O–H groups in total. The van der Waals surface area contributed by atoms with Crippen LogP contribution in [0.5, 0.6) is 0 Å². The Hall–Kier alpha value is -3.52. The molecule has 3 aromatic rings. The maximum Gasteiger partial charge on any atom is 0.433 e. The zero-order valence-electron chi connectivity index (χ0n) is 16.1. The van der Waals surface area contributed by atoms with Crippen LogP contribution in [0.1, 0.15) is 30.6 Å². The van der Waals surface area contributed by atoms with Gasteiger partial charge < -0.3 is 10.4 Å². The molecule has 0 bridgehead atoms. The van der Waals surface area contributed by atoms with Crippen molar-refractivity contribution in [1.82, 2.24) is 25.0 Å². The van der Waals surface area contributed by atoms with Gasteiger partial charge >= 0.3 is 6.18 Å². The molecule has 0 aliphatic carbocycles. The van der Waals surface area contributed by atoms with Crippen LogP contribution in [0.4, 0.5) is 24.8 Å². The molecule has 0 fully saturated rings. The number of rotatable bonds is 6. The molecule has 0 aliphatic rings. The highest BCUT2D eigenvalue weighted by Crippen LogP contribution is 2.29. The highest BCUT2D eigenvalue weighted by atomic mass is 19.4. The van der Waals surface area contributed by atoms with Crippen LogP contribution in [0.25, 0.3) is 11.3 Å². The number of anilines is 2. The van der Waals surface area contributed by atoms with Crippen molar-refractivity contribution >= 4 is 11.6 Å². The monoisotopic (exact) mass is 417 g/mol. The van der Waals surface area contributed by atoms with Crippen molar-refractivity contribution in [3.8, 4) is 17.3 Å². The van der Waals surface area contributed by atoms with Crippen LogP contribution in [-0.4, -0.2) is 36.2 Å². The molecular formula is C19H18F3N7O. The average molecular weight is 417 g/mol. The molecule has 30 heavy (non-hydrogen) atoms. The van der Waals surface area contributed by atoms with Gasteiger partial charge in [0, 0.05) is 17.4 Å². The quantitative estimate of drug-likeness (QED) is 0.630. The molecule has 2 aromatic heterocycles. The SMILES string of the molecule is Cc1cc(Nc2nccc(C(F)(F)F)n2)cc(-c2cn(C(C)C(O)CC#N)nn2)c1. The minimum absolute atomic E-state index is 0.0359. The van der Waals surface area contributed by atoms with E-state index < -0.39 is 24.0 Å². The molecule has 0 amide bonds. The van der Waals surface area contributed by atoms with Crippen LogP contribution in [0.3, 0.4) is 0 Å². The Morgan fingerprint density at radius 2 is 2.07 bits per heavy atom. The minimum Gasteiger partial charge on any atom is -0.390 e. The number of nitrogens with one attached hydrogen (secondary N) is 1. The summed E-state index contributed by atoms with van der Waals surface area (Å²) in [5, 5.41) is 29.6. The van der Waals surface area contributed by atoms with E-state index in [1.807, 2.05) is 19.1 Å². The highest BCUT2D eigenvalue weighted by Gasteiger charge is 2.32. The molecule has 0 spiro atoms. The van der Waals surface area contributed by atoms with Crippen molar-refractivity contribution in [3.05, 3.63) is 47.9 Å². The number of aromatic nitrogens is 5. The van der Waals surface area contributed by atoms with E-state index >= 15 is 0 Å². The van der Waals surface area contributed by atoms with Crippen molar-refractivity contribution in [2.75, 3.05) is 5.32 Å². The number of aliphatic hydroxyl groups excluding tert-OH is 1. The second-order valence-corrected chi connectivity index (χ2v) is 6.73. The molecule has 156 valence electrons. The van der Waals surface area contributed by atoms with Gasteiger partial charge in [0.25, 0.3) is 0 Å². The summed E-state index contributed by atoms with van der Waals surface area (Å²) < 4.78 is 40.0. The smallest absolute Gasteiger partial charge is 0.390 e. The molecule has 0 saturated carbocycles. The standard InChI is InChI=1S/C19H18F3N7O/c1-11-7-13(15-10-29(28-27-15)12(2)16(30)3-5-23)9-14(8-11)25-18-24-6-4-17(26-18)19(20,21)22/h4,6-10,12,16,30H,3H2,1-2H3,(H,24,25,26). The van der Waals surface area contributed by atoms with Crippen molar-refractivity contribution in [3.63, 3.8) is 0 Å². The van der Waals surface area contributed by atoms with E-state index in [9.17, 15) is 18.3 Å². The van der Waals surface area contributed by atoms with Crippen molar-refractivity contribution < 1.29 is 18.3 Å². The normalized spacial score (nSPS) is 13.5. The van der Waals surface area contributed by atoms with Crippen LogP contribution in [-0.2, 0) is 6.18 Å². The van der Waals surface area contributed by atoms with Gasteiger partial charge in [0.1, 0.15) is 11.4 Å². The molecule has 0 radical (unpaired) electrons. The second kappa shape index (κ2) is 8.46. The Morgan fingerprint density at radius 1 is 1.30 bits per heavy atom. The van der Waals surface area contributed by atoms with Gasteiger partial charge in [0.05, 0.1) is 30.8 Å². The van der Waals surface area contributed by atoms with E-state index in [4.69, 9.17) is 5.26 Å². The lowest BCUT2D eigenvalue weighted by molar-refractivity contribution is -0.141. The second-order valence-electron chi connectivity index (χ2n) is 6.73. The topological polar surface area (TPSA) is 113 Å². The molecule has 0 saturated heterocycles. The summed E-state index contributed by atoms with van der Waals surface area (Å²) in [6.07, 6.45) is -2.83. The van der Waals surface area contributed by atoms with Crippen LogP contribution in [0, 0.1) is 18.3 Å². The lowest BCUT2D eigenvalue weighted by atomic mass is 10.1. The molecule has 8 nitrogen and oxygen atoms in total. The summed E-state index contributed by atoms with van der Waals surface area (Å²) in [4.78, 5) is 7.34. The van der Waals surface area contributed by atoms with E-state index in [2.05, 4.69) is 25.6 Å². The Labute approximate surface area is 170 Å². The molecule has 2 heterocycles. The third kappa shape index (κ3) is 4.90. The van der Waals surface area contributed by atoms with E-state index in [1.54, 1.807) is 25.3 Å². The van der Waals surface area contributed by atoms with Crippen LogP contribution in [0.15, 0.2) is 36.7 Å². The van der Waals surface area contributed by atoms with Crippen molar-refractivity contribution in [2.24, 2.45) is 0 Å². The molecule has 3 rings (SSSR count). The molecular weight excluding hydrogens is 399 g/mol. The Balaban J connectivity index is 1.86. The highest BCUT2D eigenvalue weighted by molar-refractivity contribution is 5.68. The fourth-order valence-corrected chi connectivity index (χ4v) is 2.76. The first-order valence-corrected chi connectivity index (χ1v) is 8.93. The summed E-state index contributed by atoms with van der Waals surface area (Å²) in [6.45, 7) is 3.54. The van der Waals surface area contributed by atoms with Crippen molar-refractivity contribution in [1.29, 1.82) is 5.26 Å². The number of halogens is 3. The van der Waals surface area contributed by atoms with Crippen LogP contribution >= 0.6 is 0 Å². The number of nitriles is 1. The van der Waals surface area contributed by atoms with E-state index in [-0.39, 0.29) is 12.4 Å². The van der Waals surface area contributed by atoms with Gasteiger partial charge in [-0.05, 0) is 43.7 Å². The minimum atomic E-state index is -4.57. The first-order valence-electron chi connectivity index (χ1n) is 8.93. The summed E-state index contributed by atoms with van der Waals surface area (Å²) >= 11 is 0. The average Bonchev–Trinajstić information content (AvgIpc) is 3.17. The number of aryl methyl sites for hydroxylation is 1. The molecule has 2 atom stereocenters.